The predicted octanol–water partition coefficient (Wildman–Crippen LogP) is 3.55. The van der Waals surface area contributed by atoms with Crippen LogP contribution in [-0.2, 0) is 9.53 Å². The van der Waals surface area contributed by atoms with Gasteiger partial charge in [-0.25, -0.2) is 4.79 Å². The van der Waals surface area contributed by atoms with E-state index in [4.69, 9.17) is 27.9 Å². The lowest BCUT2D eigenvalue weighted by Gasteiger charge is -2.31. The highest BCUT2D eigenvalue weighted by Gasteiger charge is 2.33. The summed E-state index contributed by atoms with van der Waals surface area (Å²) >= 11 is 12.6. The molecule has 0 radical (unpaired) electrons. The van der Waals surface area contributed by atoms with Crippen molar-refractivity contribution in [1.29, 1.82) is 5.26 Å². The van der Waals surface area contributed by atoms with Crippen molar-refractivity contribution in [2.45, 2.75) is 37.6 Å². The first-order valence-electron chi connectivity index (χ1n) is 6.80. The number of halogens is 2. The van der Waals surface area contributed by atoms with Gasteiger partial charge in [0.2, 0.25) is 0 Å². The molecular formula is C14H14Cl2N2O3S. The Labute approximate surface area is 142 Å². The number of carbonyl (C=O) groups is 2. The molecule has 0 spiro atoms. The Balaban J connectivity index is 1.88. The van der Waals surface area contributed by atoms with Gasteiger partial charge in [0.15, 0.2) is 6.61 Å². The fourth-order valence-corrected chi connectivity index (χ4v) is 3.85. The van der Waals surface area contributed by atoms with Crippen LogP contribution < -0.4 is 5.32 Å². The van der Waals surface area contributed by atoms with Crippen molar-refractivity contribution in [1.82, 2.24) is 5.32 Å². The van der Waals surface area contributed by atoms with E-state index in [1.807, 2.05) is 0 Å². The zero-order valence-corrected chi connectivity index (χ0v) is 14.0. The highest BCUT2D eigenvalue weighted by Crippen LogP contribution is 2.31. The van der Waals surface area contributed by atoms with Gasteiger partial charge >= 0.3 is 5.97 Å². The molecule has 2 rings (SSSR count). The van der Waals surface area contributed by atoms with E-state index in [0.29, 0.717) is 17.2 Å². The SMILES string of the molecule is N#CC1(NC(=O)COC(=O)c2cc(Cl)sc2Cl)CCCCC1. The number of hydrogen-bond donors (Lipinski definition) is 1. The monoisotopic (exact) mass is 360 g/mol. The average molecular weight is 361 g/mol. The van der Waals surface area contributed by atoms with E-state index >= 15 is 0 Å². The van der Waals surface area contributed by atoms with Gasteiger partial charge < -0.3 is 10.1 Å². The number of nitriles is 1. The molecule has 1 saturated carbocycles. The van der Waals surface area contributed by atoms with Gasteiger partial charge in [0.05, 0.1) is 16.0 Å². The van der Waals surface area contributed by atoms with Crippen LogP contribution in [0.4, 0.5) is 0 Å². The van der Waals surface area contributed by atoms with Crippen molar-refractivity contribution in [3.63, 3.8) is 0 Å². The van der Waals surface area contributed by atoms with Gasteiger partial charge in [-0.1, -0.05) is 42.5 Å². The predicted molar refractivity (Wildman–Crippen MR) is 84.2 cm³/mol. The van der Waals surface area contributed by atoms with E-state index in [1.54, 1.807) is 0 Å². The van der Waals surface area contributed by atoms with Crippen molar-refractivity contribution in [3.8, 4) is 6.07 Å². The van der Waals surface area contributed by atoms with Gasteiger partial charge in [0.25, 0.3) is 5.91 Å². The summed E-state index contributed by atoms with van der Waals surface area (Å²) in [5.41, 5.74) is -0.706. The van der Waals surface area contributed by atoms with Crippen LogP contribution in [-0.4, -0.2) is 24.0 Å². The molecule has 1 aromatic rings. The molecule has 1 amide bonds. The number of nitrogens with one attached hydrogen (secondary N) is 1. The number of ether oxygens (including phenoxy) is 1. The van der Waals surface area contributed by atoms with Gasteiger partial charge in [0.1, 0.15) is 9.88 Å². The van der Waals surface area contributed by atoms with Gasteiger partial charge in [0, 0.05) is 0 Å². The molecule has 1 N–H and O–H groups in total. The molecule has 1 fully saturated rings. The Kier molecular flexibility index (Phi) is 5.68. The van der Waals surface area contributed by atoms with Gasteiger partial charge in [-0.05, 0) is 18.9 Å². The maximum Gasteiger partial charge on any atom is 0.341 e. The lowest BCUT2D eigenvalue weighted by Crippen LogP contribution is -2.50. The molecule has 1 heterocycles. The van der Waals surface area contributed by atoms with Gasteiger partial charge in [-0.15, -0.1) is 11.3 Å². The summed E-state index contributed by atoms with van der Waals surface area (Å²) in [6.45, 7) is -0.452. The Hall–Kier alpha value is -1.29. The third-order valence-corrected chi connectivity index (χ3v) is 5.00. The normalized spacial score (nSPS) is 16.6. The molecule has 1 aromatic heterocycles. The summed E-state index contributed by atoms with van der Waals surface area (Å²) in [4.78, 5) is 23.7. The van der Waals surface area contributed by atoms with Crippen molar-refractivity contribution < 1.29 is 14.3 Å². The first-order valence-corrected chi connectivity index (χ1v) is 8.37. The smallest absolute Gasteiger partial charge is 0.341 e. The van der Waals surface area contributed by atoms with Gasteiger partial charge in [-0.3, -0.25) is 4.79 Å². The van der Waals surface area contributed by atoms with E-state index in [1.165, 1.54) is 6.07 Å². The summed E-state index contributed by atoms with van der Waals surface area (Å²) in [5, 5.41) is 12.0. The highest BCUT2D eigenvalue weighted by atomic mass is 35.5. The molecule has 5 nitrogen and oxygen atoms in total. The molecule has 118 valence electrons. The Morgan fingerprint density at radius 2 is 2.05 bits per heavy atom. The number of nitrogens with zero attached hydrogens (tertiary/aromatic N) is 1. The quantitative estimate of drug-likeness (QED) is 0.832. The van der Waals surface area contributed by atoms with Crippen LogP contribution in [0.3, 0.4) is 0 Å². The molecule has 22 heavy (non-hydrogen) atoms. The fourth-order valence-electron chi connectivity index (χ4n) is 2.41. The maximum absolute atomic E-state index is 11.9. The minimum absolute atomic E-state index is 0.136. The van der Waals surface area contributed by atoms with E-state index in [9.17, 15) is 14.9 Å². The minimum atomic E-state index is -0.842. The fraction of sp³-hybridized carbons (Fsp3) is 0.500. The van der Waals surface area contributed by atoms with Crippen LogP contribution in [0.1, 0.15) is 42.5 Å². The van der Waals surface area contributed by atoms with Crippen LogP contribution in [0, 0.1) is 11.3 Å². The summed E-state index contributed by atoms with van der Waals surface area (Å²) in [6.07, 6.45) is 4.10. The first-order chi connectivity index (χ1) is 10.5. The summed E-state index contributed by atoms with van der Waals surface area (Å²) in [6, 6.07) is 3.57. The van der Waals surface area contributed by atoms with Crippen molar-refractivity contribution in [2.75, 3.05) is 6.61 Å². The lowest BCUT2D eigenvalue weighted by molar-refractivity contribution is -0.125. The first kappa shape index (κ1) is 17.1. The van der Waals surface area contributed by atoms with Crippen LogP contribution in [0.25, 0.3) is 0 Å². The molecule has 1 aliphatic carbocycles. The maximum atomic E-state index is 11.9. The summed E-state index contributed by atoms with van der Waals surface area (Å²) < 4.78 is 5.50. The lowest BCUT2D eigenvalue weighted by atomic mass is 9.83. The third kappa shape index (κ3) is 4.13. The molecule has 0 atom stereocenters. The minimum Gasteiger partial charge on any atom is -0.452 e. The Morgan fingerprint density at radius 1 is 1.36 bits per heavy atom. The second-order valence-corrected chi connectivity index (χ2v) is 7.40. The standard InChI is InChI=1S/C14H14Cl2N2O3S/c15-10-6-9(12(16)22-10)13(20)21-7-11(19)18-14(8-17)4-2-1-3-5-14/h6H,1-5,7H2,(H,18,19). The Morgan fingerprint density at radius 3 is 2.59 bits per heavy atom. The van der Waals surface area contributed by atoms with Crippen molar-refractivity contribution in [3.05, 3.63) is 20.3 Å². The molecular weight excluding hydrogens is 347 g/mol. The summed E-state index contributed by atoms with van der Waals surface area (Å²) in [5.74, 6) is -1.20. The van der Waals surface area contributed by atoms with E-state index < -0.39 is 24.0 Å². The molecule has 0 aliphatic heterocycles. The molecule has 1 aliphatic rings. The number of amides is 1. The number of esters is 1. The number of rotatable bonds is 4. The molecule has 0 aromatic carbocycles. The van der Waals surface area contributed by atoms with Crippen molar-refractivity contribution in [2.24, 2.45) is 0 Å². The zero-order valence-electron chi connectivity index (χ0n) is 11.7. The topological polar surface area (TPSA) is 79.2 Å². The molecule has 0 unspecified atom stereocenters. The third-order valence-electron chi connectivity index (χ3n) is 3.51. The second kappa shape index (κ2) is 7.32. The van der Waals surface area contributed by atoms with E-state index in [2.05, 4.69) is 11.4 Å². The van der Waals surface area contributed by atoms with Crippen LogP contribution in [0.5, 0.6) is 0 Å². The number of thiophene rings is 1. The highest BCUT2D eigenvalue weighted by molar-refractivity contribution is 7.20. The van der Waals surface area contributed by atoms with Crippen molar-refractivity contribution >= 4 is 46.4 Å². The molecule has 0 bridgehead atoms. The van der Waals surface area contributed by atoms with Crippen LogP contribution in [0.2, 0.25) is 8.67 Å². The molecule has 8 heteroatoms. The Bertz CT molecular complexity index is 618. The second-order valence-electron chi connectivity index (χ2n) is 5.12. The van der Waals surface area contributed by atoms with Crippen LogP contribution in [0.15, 0.2) is 6.07 Å². The van der Waals surface area contributed by atoms with Crippen LogP contribution >= 0.6 is 34.5 Å². The zero-order chi connectivity index (χ0) is 16.2. The molecule has 0 saturated heterocycles. The summed E-state index contributed by atoms with van der Waals surface area (Å²) in [7, 11) is 0. The van der Waals surface area contributed by atoms with E-state index in [0.717, 1.165) is 30.6 Å². The van der Waals surface area contributed by atoms with Gasteiger partial charge in [-0.2, -0.15) is 5.26 Å². The largest absolute Gasteiger partial charge is 0.452 e. The number of carbonyl (C=O) groups excluding carboxylic acids is 2. The average Bonchev–Trinajstić information content (AvgIpc) is 2.84. The van der Waals surface area contributed by atoms with E-state index in [-0.39, 0.29) is 9.90 Å². The number of hydrogen-bond acceptors (Lipinski definition) is 5.